The highest BCUT2D eigenvalue weighted by atomic mass is 16.3. The largest absolute Gasteiger partial charge is 0.394 e. The summed E-state index contributed by atoms with van der Waals surface area (Å²) in [5.41, 5.74) is 0. The van der Waals surface area contributed by atoms with Crippen molar-refractivity contribution in [1.82, 2.24) is 10.2 Å². The van der Waals surface area contributed by atoms with Crippen LogP contribution in [0.5, 0.6) is 0 Å². The van der Waals surface area contributed by atoms with E-state index in [4.69, 9.17) is 5.11 Å². The molecule has 1 aliphatic rings. The molecule has 1 fully saturated rings. The molecule has 0 bridgehead atoms. The van der Waals surface area contributed by atoms with Crippen molar-refractivity contribution in [2.24, 2.45) is 0 Å². The number of nitrogens with one attached hydrogen (secondary N) is 1. The molecule has 0 aromatic rings. The summed E-state index contributed by atoms with van der Waals surface area (Å²) in [6.45, 7) is 3.06. The monoisotopic (exact) mass is 228 g/mol. The molecule has 0 aromatic carbocycles. The highest BCUT2D eigenvalue weighted by Gasteiger charge is 2.24. The Morgan fingerprint density at radius 3 is 2.44 bits per heavy atom. The molecule has 0 saturated carbocycles. The smallest absolute Gasteiger partial charge is 0.311 e. The maximum atomic E-state index is 11.7. The van der Waals surface area contributed by atoms with Crippen molar-refractivity contribution in [2.75, 3.05) is 19.7 Å². The zero-order valence-electron chi connectivity index (χ0n) is 9.74. The van der Waals surface area contributed by atoms with Crippen LogP contribution in [0, 0.1) is 0 Å². The maximum Gasteiger partial charge on any atom is 0.311 e. The second-order valence-electron chi connectivity index (χ2n) is 4.11. The van der Waals surface area contributed by atoms with Crippen molar-refractivity contribution in [1.29, 1.82) is 0 Å². The van der Waals surface area contributed by atoms with Gasteiger partial charge in [-0.15, -0.1) is 0 Å². The molecule has 1 heterocycles. The Morgan fingerprint density at radius 2 is 1.94 bits per heavy atom. The van der Waals surface area contributed by atoms with Crippen molar-refractivity contribution < 1.29 is 14.7 Å². The van der Waals surface area contributed by atoms with Crippen LogP contribution in [-0.4, -0.2) is 47.6 Å². The standard InChI is InChI=1S/C11H20N2O3/c1-2-9(8-14)12-10(15)11(16)13-6-4-3-5-7-13/h9,14H,2-8H2,1H3,(H,12,15). The van der Waals surface area contributed by atoms with Crippen molar-refractivity contribution in [3.05, 3.63) is 0 Å². The quantitative estimate of drug-likeness (QED) is 0.662. The van der Waals surface area contributed by atoms with Gasteiger partial charge < -0.3 is 15.3 Å². The second kappa shape index (κ2) is 6.48. The number of hydrogen-bond donors (Lipinski definition) is 2. The SMILES string of the molecule is CCC(CO)NC(=O)C(=O)N1CCCCC1. The number of nitrogens with zero attached hydrogens (tertiary/aromatic N) is 1. The van der Waals surface area contributed by atoms with E-state index in [9.17, 15) is 9.59 Å². The van der Waals surface area contributed by atoms with Crippen molar-refractivity contribution in [3.63, 3.8) is 0 Å². The second-order valence-corrected chi connectivity index (χ2v) is 4.11. The third kappa shape index (κ3) is 3.48. The summed E-state index contributed by atoms with van der Waals surface area (Å²) in [5, 5.41) is 11.5. The summed E-state index contributed by atoms with van der Waals surface area (Å²) in [6.07, 6.45) is 3.68. The van der Waals surface area contributed by atoms with Gasteiger partial charge in [0.1, 0.15) is 0 Å². The number of carbonyl (C=O) groups is 2. The van der Waals surface area contributed by atoms with Gasteiger partial charge in [-0.1, -0.05) is 6.92 Å². The van der Waals surface area contributed by atoms with Crippen LogP contribution < -0.4 is 5.32 Å². The van der Waals surface area contributed by atoms with Crippen LogP contribution in [0.15, 0.2) is 0 Å². The normalized spacial score (nSPS) is 18.0. The van der Waals surface area contributed by atoms with E-state index in [1.54, 1.807) is 4.90 Å². The summed E-state index contributed by atoms with van der Waals surface area (Å²) in [5.74, 6) is -1.06. The molecule has 1 atom stereocenters. The van der Waals surface area contributed by atoms with E-state index in [1.165, 1.54) is 0 Å². The lowest BCUT2D eigenvalue weighted by Gasteiger charge is -2.26. The predicted molar refractivity (Wildman–Crippen MR) is 59.7 cm³/mol. The molecule has 0 radical (unpaired) electrons. The van der Waals surface area contributed by atoms with Crippen LogP contribution in [0.2, 0.25) is 0 Å². The van der Waals surface area contributed by atoms with Gasteiger partial charge in [0.2, 0.25) is 0 Å². The highest BCUT2D eigenvalue weighted by molar-refractivity contribution is 6.35. The summed E-state index contributed by atoms with van der Waals surface area (Å²) in [7, 11) is 0. The number of hydrogen-bond acceptors (Lipinski definition) is 3. The van der Waals surface area contributed by atoms with Gasteiger partial charge in [-0.2, -0.15) is 0 Å². The molecule has 5 heteroatoms. The summed E-state index contributed by atoms with van der Waals surface area (Å²) < 4.78 is 0. The first kappa shape index (κ1) is 13.0. The minimum absolute atomic E-state index is 0.129. The summed E-state index contributed by atoms with van der Waals surface area (Å²) in [4.78, 5) is 24.8. The van der Waals surface area contributed by atoms with E-state index in [1.807, 2.05) is 6.92 Å². The third-order valence-corrected chi connectivity index (χ3v) is 2.89. The van der Waals surface area contributed by atoms with Gasteiger partial charge in [0.25, 0.3) is 0 Å². The molecule has 1 rings (SSSR count). The van der Waals surface area contributed by atoms with Crippen LogP contribution in [-0.2, 0) is 9.59 Å². The molecule has 1 saturated heterocycles. The number of likely N-dealkylation sites (tertiary alicyclic amines) is 1. The Labute approximate surface area is 95.8 Å². The van der Waals surface area contributed by atoms with E-state index >= 15 is 0 Å². The molecule has 1 aliphatic heterocycles. The number of amides is 2. The van der Waals surface area contributed by atoms with Gasteiger partial charge in [-0.3, -0.25) is 9.59 Å². The van der Waals surface area contributed by atoms with Crippen molar-refractivity contribution >= 4 is 11.8 Å². The predicted octanol–water partition coefficient (Wildman–Crippen LogP) is -0.114. The van der Waals surface area contributed by atoms with Gasteiger partial charge in [0.15, 0.2) is 0 Å². The molecule has 5 nitrogen and oxygen atoms in total. The summed E-state index contributed by atoms with van der Waals surface area (Å²) in [6, 6.07) is -0.318. The van der Waals surface area contributed by atoms with E-state index in [2.05, 4.69) is 5.32 Å². The average molecular weight is 228 g/mol. The number of rotatable bonds is 3. The lowest BCUT2D eigenvalue weighted by atomic mass is 10.1. The molecular formula is C11H20N2O3. The Balaban J connectivity index is 2.43. The van der Waals surface area contributed by atoms with Gasteiger partial charge in [0, 0.05) is 13.1 Å². The van der Waals surface area contributed by atoms with Crippen LogP contribution in [0.1, 0.15) is 32.6 Å². The Hall–Kier alpha value is -1.10. The van der Waals surface area contributed by atoms with E-state index in [0.29, 0.717) is 19.5 Å². The number of aliphatic hydroxyl groups is 1. The van der Waals surface area contributed by atoms with Gasteiger partial charge in [0.05, 0.1) is 12.6 Å². The first-order valence-corrected chi connectivity index (χ1v) is 5.89. The Bertz CT molecular complexity index is 246. The number of piperidine rings is 1. The molecule has 0 aromatic heterocycles. The minimum Gasteiger partial charge on any atom is -0.394 e. The zero-order chi connectivity index (χ0) is 12.0. The zero-order valence-corrected chi connectivity index (χ0v) is 9.74. The number of carbonyl (C=O) groups excluding carboxylic acids is 2. The summed E-state index contributed by atoms with van der Waals surface area (Å²) >= 11 is 0. The average Bonchev–Trinajstić information content (AvgIpc) is 2.35. The van der Waals surface area contributed by atoms with Crippen LogP contribution in [0.4, 0.5) is 0 Å². The topological polar surface area (TPSA) is 69.6 Å². The van der Waals surface area contributed by atoms with Crippen LogP contribution in [0.3, 0.4) is 0 Å². The van der Waals surface area contributed by atoms with Crippen LogP contribution >= 0.6 is 0 Å². The van der Waals surface area contributed by atoms with Crippen LogP contribution in [0.25, 0.3) is 0 Å². The Morgan fingerprint density at radius 1 is 1.31 bits per heavy atom. The van der Waals surface area contributed by atoms with Gasteiger partial charge in [-0.25, -0.2) is 0 Å². The molecule has 0 spiro atoms. The van der Waals surface area contributed by atoms with Crippen molar-refractivity contribution in [3.8, 4) is 0 Å². The molecule has 0 aliphatic carbocycles. The molecule has 1 unspecified atom stereocenters. The molecule has 2 N–H and O–H groups in total. The fourth-order valence-electron chi connectivity index (χ4n) is 1.76. The first-order valence-electron chi connectivity index (χ1n) is 5.89. The molecular weight excluding hydrogens is 208 g/mol. The highest BCUT2D eigenvalue weighted by Crippen LogP contribution is 2.08. The minimum atomic E-state index is -0.595. The van der Waals surface area contributed by atoms with Crippen molar-refractivity contribution in [2.45, 2.75) is 38.6 Å². The molecule has 92 valence electrons. The lowest BCUT2D eigenvalue weighted by Crippen LogP contribution is -2.48. The number of aliphatic hydroxyl groups excluding tert-OH is 1. The fourth-order valence-corrected chi connectivity index (χ4v) is 1.76. The molecule has 16 heavy (non-hydrogen) atoms. The fraction of sp³-hybridized carbons (Fsp3) is 0.818. The first-order chi connectivity index (χ1) is 7.69. The molecule has 2 amide bonds. The van der Waals surface area contributed by atoms with E-state index in [-0.39, 0.29) is 12.6 Å². The van der Waals surface area contributed by atoms with E-state index < -0.39 is 11.8 Å². The maximum absolute atomic E-state index is 11.7. The van der Waals surface area contributed by atoms with Gasteiger partial charge >= 0.3 is 11.8 Å². The lowest BCUT2D eigenvalue weighted by molar-refractivity contribution is -0.147. The third-order valence-electron chi connectivity index (χ3n) is 2.89. The Kier molecular flexibility index (Phi) is 5.25. The van der Waals surface area contributed by atoms with Gasteiger partial charge in [-0.05, 0) is 25.7 Å². The van der Waals surface area contributed by atoms with E-state index in [0.717, 1.165) is 19.3 Å².